The van der Waals surface area contributed by atoms with Gasteiger partial charge >= 0.3 is 0 Å². The van der Waals surface area contributed by atoms with Gasteiger partial charge in [-0.05, 0) is 37.1 Å². The van der Waals surface area contributed by atoms with Gasteiger partial charge in [-0.15, -0.1) is 0 Å². The van der Waals surface area contributed by atoms with Crippen molar-refractivity contribution >= 4 is 11.6 Å². The molecule has 2 aromatic rings. The molecule has 0 bridgehead atoms. The van der Waals surface area contributed by atoms with E-state index in [2.05, 4.69) is 10.1 Å². The lowest BCUT2D eigenvalue weighted by Gasteiger charge is -1.99. The highest BCUT2D eigenvalue weighted by atomic mass is 35.5. The van der Waals surface area contributed by atoms with Crippen molar-refractivity contribution in [2.24, 2.45) is 0 Å². The second kappa shape index (κ2) is 4.71. The summed E-state index contributed by atoms with van der Waals surface area (Å²) in [4.78, 5) is 4.43. The molecule has 1 aromatic heterocycles. The fourth-order valence-corrected chi connectivity index (χ4v) is 2.15. The van der Waals surface area contributed by atoms with Crippen molar-refractivity contribution in [3.63, 3.8) is 0 Å². The fourth-order valence-electron chi connectivity index (χ4n) is 2.03. The molecule has 94 valence electrons. The predicted octanol–water partition coefficient (Wildman–Crippen LogP) is 3.20. The summed E-state index contributed by atoms with van der Waals surface area (Å²) in [5.74, 6) is 1.53. The monoisotopic (exact) mass is 264 g/mol. The average molecular weight is 265 g/mol. The number of hydrogen-bond donors (Lipinski definition) is 0. The third-order valence-electron chi connectivity index (χ3n) is 3.14. The van der Waals surface area contributed by atoms with E-state index in [0.29, 0.717) is 12.5 Å². The first-order valence-electron chi connectivity index (χ1n) is 5.92. The van der Waals surface area contributed by atoms with Crippen LogP contribution in [-0.2, 0) is 4.74 Å². The van der Waals surface area contributed by atoms with Crippen molar-refractivity contribution in [3.05, 3.63) is 34.6 Å². The van der Waals surface area contributed by atoms with Crippen LogP contribution in [0.3, 0.4) is 0 Å². The number of rotatable bonds is 2. The Labute approximate surface area is 110 Å². The van der Waals surface area contributed by atoms with Crippen LogP contribution in [0, 0.1) is 6.92 Å². The molecule has 1 atom stereocenters. The maximum absolute atomic E-state index is 5.99. The van der Waals surface area contributed by atoms with Gasteiger partial charge in [-0.1, -0.05) is 16.8 Å². The van der Waals surface area contributed by atoms with Crippen LogP contribution in [0.25, 0.3) is 11.5 Å². The molecule has 2 heterocycles. The quantitative estimate of drug-likeness (QED) is 0.836. The van der Waals surface area contributed by atoms with E-state index in [1.807, 2.05) is 25.1 Å². The molecular weight excluding hydrogens is 252 g/mol. The van der Waals surface area contributed by atoms with Gasteiger partial charge in [-0.25, -0.2) is 0 Å². The summed E-state index contributed by atoms with van der Waals surface area (Å²) in [6.45, 7) is 3.40. The Morgan fingerprint density at radius 3 is 3.00 bits per heavy atom. The molecule has 0 spiro atoms. The summed E-state index contributed by atoms with van der Waals surface area (Å²) < 4.78 is 10.6. The fraction of sp³-hybridized carbons (Fsp3) is 0.385. The molecule has 1 fully saturated rings. The minimum absolute atomic E-state index is 0.260. The Morgan fingerprint density at radius 1 is 1.39 bits per heavy atom. The zero-order valence-corrected chi connectivity index (χ0v) is 10.8. The second-order valence-electron chi connectivity index (χ2n) is 4.48. The van der Waals surface area contributed by atoms with Crippen molar-refractivity contribution < 1.29 is 9.26 Å². The molecule has 18 heavy (non-hydrogen) atoms. The number of hydrogen-bond acceptors (Lipinski definition) is 4. The van der Waals surface area contributed by atoms with Gasteiger partial charge < -0.3 is 9.26 Å². The van der Waals surface area contributed by atoms with Gasteiger partial charge in [-0.2, -0.15) is 4.98 Å². The smallest absolute Gasteiger partial charge is 0.257 e. The Bertz CT molecular complexity index is 562. The number of benzene rings is 1. The highest BCUT2D eigenvalue weighted by molar-refractivity contribution is 6.31. The summed E-state index contributed by atoms with van der Waals surface area (Å²) in [5, 5.41) is 4.77. The summed E-state index contributed by atoms with van der Waals surface area (Å²) in [6, 6.07) is 5.68. The van der Waals surface area contributed by atoms with Gasteiger partial charge in [-0.3, -0.25) is 0 Å². The van der Waals surface area contributed by atoms with E-state index < -0.39 is 0 Å². The first kappa shape index (κ1) is 11.7. The van der Waals surface area contributed by atoms with Crippen molar-refractivity contribution in [2.75, 3.05) is 13.2 Å². The molecule has 0 radical (unpaired) electrons. The van der Waals surface area contributed by atoms with Crippen LogP contribution in [0.1, 0.15) is 23.7 Å². The van der Waals surface area contributed by atoms with Gasteiger partial charge in [0.15, 0.2) is 5.82 Å². The maximum Gasteiger partial charge on any atom is 0.257 e. The van der Waals surface area contributed by atoms with Gasteiger partial charge in [0.2, 0.25) is 0 Å². The zero-order valence-electron chi connectivity index (χ0n) is 10.0. The lowest BCUT2D eigenvalue weighted by Crippen LogP contribution is -1.99. The average Bonchev–Trinajstić information content (AvgIpc) is 3.01. The van der Waals surface area contributed by atoms with E-state index in [-0.39, 0.29) is 5.92 Å². The molecule has 1 aliphatic heterocycles. The minimum atomic E-state index is 0.260. The van der Waals surface area contributed by atoms with Gasteiger partial charge in [0.05, 0.1) is 6.61 Å². The number of nitrogens with zero attached hydrogens (tertiary/aromatic N) is 2. The number of halogens is 1. The van der Waals surface area contributed by atoms with Gasteiger partial charge in [0.1, 0.15) is 0 Å². The number of ether oxygens (including phenoxy) is 1. The minimum Gasteiger partial charge on any atom is -0.381 e. The highest BCUT2D eigenvalue weighted by Crippen LogP contribution is 2.27. The standard InChI is InChI=1S/C13H13ClN2O2/c1-8-6-9(2-3-11(8)14)13-15-12(16-18-13)10-4-5-17-7-10/h2-3,6,10H,4-5,7H2,1H3. The molecule has 1 aromatic carbocycles. The van der Waals surface area contributed by atoms with Crippen molar-refractivity contribution in [1.82, 2.24) is 10.1 Å². The molecule has 0 aliphatic carbocycles. The Balaban J connectivity index is 1.89. The van der Waals surface area contributed by atoms with Crippen LogP contribution in [0.4, 0.5) is 0 Å². The topological polar surface area (TPSA) is 48.2 Å². The van der Waals surface area contributed by atoms with Crippen LogP contribution in [0.5, 0.6) is 0 Å². The Hall–Kier alpha value is -1.39. The third-order valence-corrected chi connectivity index (χ3v) is 3.57. The lowest BCUT2D eigenvalue weighted by atomic mass is 10.1. The summed E-state index contributed by atoms with van der Waals surface area (Å²) in [5.41, 5.74) is 1.90. The van der Waals surface area contributed by atoms with Gasteiger partial charge in [0.25, 0.3) is 5.89 Å². The SMILES string of the molecule is Cc1cc(-c2nc(C3CCOC3)no2)ccc1Cl. The molecule has 0 saturated carbocycles. The maximum atomic E-state index is 5.99. The van der Waals surface area contributed by atoms with Crippen molar-refractivity contribution in [1.29, 1.82) is 0 Å². The van der Waals surface area contributed by atoms with E-state index in [0.717, 1.165) is 35.0 Å². The summed E-state index contributed by atoms with van der Waals surface area (Å²) >= 11 is 5.99. The van der Waals surface area contributed by atoms with Crippen LogP contribution in [0.2, 0.25) is 5.02 Å². The molecule has 4 nitrogen and oxygen atoms in total. The van der Waals surface area contributed by atoms with E-state index in [1.165, 1.54) is 0 Å². The lowest BCUT2D eigenvalue weighted by molar-refractivity contribution is 0.192. The highest BCUT2D eigenvalue weighted by Gasteiger charge is 2.23. The molecule has 3 rings (SSSR count). The second-order valence-corrected chi connectivity index (χ2v) is 4.89. The van der Waals surface area contributed by atoms with Crippen LogP contribution in [-0.4, -0.2) is 23.4 Å². The largest absolute Gasteiger partial charge is 0.381 e. The first-order valence-corrected chi connectivity index (χ1v) is 6.30. The van der Waals surface area contributed by atoms with Crippen molar-refractivity contribution in [3.8, 4) is 11.5 Å². The predicted molar refractivity (Wildman–Crippen MR) is 67.7 cm³/mol. The molecule has 1 aliphatic rings. The molecule has 1 unspecified atom stereocenters. The Morgan fingerprint density at radius 2 is 2.28 bits per heavy atom. The zero-order chi connectivity index (χ0) is 12.5. The third kappa shape index (κ3) is 2.13. The Kier molecular flexibility index (Phi) is 3.06. The van der Waals surface area contributed by atoms with E-state index in [1.54, 1.807) is 0 Å². The summed E-state index contributed by atoms with van der Waals surface area (Å²) in [7, 11) is 0. The van der Waals surface area contributed by atoms with Crippen LogP contribution >= 0.6 is 11.6 Å². The summed E-state index contributed by atoms with van der Waals surface area (Å²) in [6.07, 6.45) is 0.957. The van der Waals surface area contributed by atoms with E-state index in [9.17, 15) is 0 Å². The molecule has 0 amide bonds. The van der Waals surface area contributed by atoms with Crippen LogP contribution in [0.15, 0.2) is 22.7 Å². The van der Waals surface area contributed by atoms with E-state index >= 15 is 0 Å². The molecular formula is C13H13ClN2O2. The number of aryl methyl sites for hydroxylation is 1. The molecule has 0 N–H and O–H groups in total. The first-order chi connectivity index (χ1) is 8.74. The van der Waals surface area contributed by atoms with Crippen molar-refractivity contribution in [2.45, 2.75) is 19.3 Å². The van der Waals surface area contributed by atoms with Crippen LogP contribution < -0.4 is 0 Å². The normalized spacial score (nSPS) is 19.3. The molecule has 1 saturated heterocycles. The van der Waals surface area contributed by atoms with E-state index in [4.69, 9.17) is 20.9 Å². The molecule has 5 heteroatoms. The number of aromatic nitrogens is 2. The van der Waals surface area contributed by atoms with Gasteiger partial charge in [0, 0.05) is 23.1 Å².